The largest absolute Gasteiger partial charge is 0.496 e. The molecule has 0 saturated carbocycles. The van der Waals surface area contributed by atoms with E-state index in [-0.39, 0.29) is 18.9 Å². The van der Waals surface area contributed by atoms with Crippen LogP contribution in [0.3, 0.4) is 0 Å². The average Bonchev–Trinajstić information content (AvgIpc) is 2.74. The number of benzene rings is 1. The molecule has 3 rings (SSSR count). The number of carbonyl (C=O) groups is 1. The molecule has 0 radical (unpaired) electrons. The monoisotopic (exact) mass is 410 g/mol. The first-order valence-corrected chi connectivity index (χ1v) is 9.36. The number of piperidine rings is 1. The van der Waals surface area contributed by atoms with Gasteiger partial charge in [-0.05, 0) is 43.0 Å². The molecule has 1 amide bonds. The van der Waals surface area contributed by atoms with Crippen LogP contribution in [0.2, 0.25) is 0 Å². The van der Waals surface area contributed by atoms with Crippen molar-refractivity contribution in [1.82, 2.24) is 9.88 Å². The maximum atomic E-state index is 12.4. The molecule has 0 bridgehead atoms. The highest BCUT2D eigenvalue weighted by atomic mass is 19.4. The summed E-state index contributed by atoms with van der Waals surface area (Å²) >= 11 is 0. The number of nitrogens with zero attached hydrogens (tertiary/aromatic N) is 2. The van der Waals surface area contributed by atoms with Gasteiger partial charge in [0.15, 0.2) is 0 Å². The molecule has 0 aliphatic carbocycles. The van der Waals surface area contributed by atoms with Gasteiger partial charge >= 0.3 is 6.18 Å². The summed E-state index contributed by atoms with van der Waals surface area (Å²) in [6, 6.07) is 6.53. The Morgan fingerprint density at radius 3 is 2.31 bits per heavy atom. The number of likely N-dealkylation sites (tertiary alicyclic amines) is 1. The van der Waals surface area contributed by atoms with E-state index < -0.39 is 11.7 Å². The van der Waals surface area contributed by atoms with Crippen LogP contribution in [0.25, 0.3) is 0 Å². The van der Waals surface area contributed by atoms with Crippen LogP contribution in [-0.4, -0.2) is 41.1 Å². The third-order valence-corrected chi connectivity index (χ3v) is 4.59. The van der Waals surface area contributed by atoms with Crippen LogP contribution in [-0.2, 0) is 24.0 Å². The lowest BCUT2D eigenvalue weighted by Gasteiger charge is -2.26. The van der Waals surface area contributed by atoms with Crippen molar-refractivity contribution in [1.29, 1.82) is 0 Å². The minimum atomic E-state index is -4.32. The zero-order valence-corrected chi connectivity index (χ0v) is 16.3. The number of hydrogen-bond donors (Lipinski definition) is 1. The molecule has 1 fully saturated rings. The Morgan fingerprint density at radius 1 is 1.14 bits per heavy atom. The van der Waals surface area contributed by atoms with Crippen LogP contribution in [0.15, 0.2) is 42.7 Å². The summed E-state index contributed by atoms with van der Waals surface area (Å²) in [6.07, 6.45) is 2.23. The van der Waals surface area contributed by atoms with Crippen LogP contribution >= 0.6 is 0 Å². The molecule has 2 heterocycles. The molecule has 158 valence electrons. The van der Waals surface area contributed by atoms with Gasteiger partial charge in [-0.15, -0.1) is 0 Å². The third-order valence-electron chi connectivity index (χ3n) is 4.59. The highest BCUT2D eigenvalue weighted by molar-refractivity contribution is 5.78. The number of aromatic nitrogens is 1. The molecule has 1 N–H and O–H groups in total. The standard InChI is InChI=1S/C14H16F3NO.C7H9NO2/c15-14(16,17)12-6-4-11(5-7-12)10-13(19)18-8-2-1-3-9-18;1-10-7-2-3-8-4-6(7)5-9/h4-7H,1-3,8-10H2;2-4,9H,5H2,1H3. The van der Waals surface area contributed by atoms with E-state index in [4.69, 9.17) is 9.84 Å². The fourth-order valence-electron chi connectivity index (χ4n) is 2.97. The Hall–Kier alpha value is -2.61. The number of ether oxygens (including phenoxy) is 1. The summed E-state index contributed by atoms with van der Waals surface area (Å²) in [5.41, 5.74) is 0.662. The molecule has 0 spiro atoms. The quantitative estimate of drug-likeness (QED) is 0.832. The normalized spacial score (nSPS) is 14.0. The second-order valence-electron chi connectivity index (χ2n) is 6.66. The Bertz CT molecular complexity index is 750. The lowest BCUT2D eigenvalue weighted by Crippen LogP contribution is -2.36. The smallest absolute Gasteiger partial charge is 0.416 e. The van der Waals surface area contributed by atoms with Gasteiger partial charge in [-0.2, -0.15) is 13.2 Å². The fourth-order valence-corrected chi connectivity index (χ4v) is 2.97. The predicted octanol–water partition coefficient (Wildman–Crippen LogP) is 3.84. The Labute approximate surface area is 168 Å². The van der Waals surface area contributed by atoms with E-state index >= 15 is 0 Å². The zero-order chi connectivity index (χ0) is 21.3. The average molecular weight is 410 g/mol. The van der Waals surface area contributed by atoms with Gasteiger partial charge in [0.05, 0.1) is 25.7 Å². The van der Waals surface area contributed by atoms with E-state index in [9.17, 15) is 18.0 Å². The maximum absolute atomic E-state index is 12.4. The Kier molecular flexibility index (Phi) is 8.45. The van der Waals surface area contributed by atoms with Gasteiger partial charge in [0.25, 0.3) is 0 Å². The summed E-state index contributed by atoms with van der Waals surface area (Å²) in [6.45, 7) is 1.50. The molecular formula is C21H25F3N2O3. The molecule has 0 atom stereocenters. The summed E-state index contributed by atoms with van der Waals surface area (Å²) in [4.78, 5) is 17.6. The van der Waals surface area contributed by atoms with Crippen LogP contribution in [0.4, 0.5) is 13.2 Å². The van der Waals surface area contributed by atoms with Crippen molar-refractivity contribution in [2.45, 2.75) is 38.5 Å². The highest BCUT2D eigenvalue weighted by Crippen LogP contribution is 2.29. The second kappa shape index (κ2) is 10.8. The number of pyridine rings is 1. The number of hydrogen-bond acceptors (Lipinski definition) is 4. The first kappa shape index (κ1) is 22.7. The van der Waals surface area contributed by atoms with Crippen LogP contribution in [0.1, 0.15) is 36.0 Å². The van der Waals surface area contributed by atoms with Crippen LogP contribution < -0.4 is 4.74 Å². The van der Waals surface area contributed by atoms with Gasteiger partial charge in [-0.1, -0.05) is 12.1 Å². The SMILES string of the molecule is COc1ccncc1CO.O=C(Cc1ccc(C(F)(F)F)cc1)N1CCCCC1. The molecule has 1 aromatic carbocycles. The Morgan fingerprint density at radius 2 is 1.79 bits per heavy atom. The Balaban J connectivity index is 0.000000253. The van der Waals surface area contributed by atoms with E-state index in [1.54, 1.807) is 30.5 Å². The van der Waals surface area contributed by atoms with Crippen molar-refractivity contribution in [3.8, 4) is 5.75 Å². The molecule has 0 unspecified atom stereocenters. The van der Waals surface area contributed by atoms with Gasteiger partial charge < -0.3 is 14.7 Å². The van der Waals surface area contributed by atoms with Crippen molar-refractivity contribution in [3.63, 3.8) is 0 Å². The van der Waals surface area contributed by atoms with E-state index in [1.165, 1.54) is 12.1 Å². The van der Waals surface area contributed by atoms with E-state index in [0.717, 1.165) is 44.5 Å². The molecule has 1 aliphatic heterocycles. The number of amides is 1. The first-order chi connectivity index (χ1) is 13.8. The van der Waals surface area contributed by atoms with E-state index in [1.807, 2.05) is 0 Å². The van der Waals surface area contributed by atoms with Crippen molar-refractivity contribution in [2.75, 3.05) is 20.2 Å². The molecule has 1 saturated heterocycles. The van der Waals surface area contributed by atoms with Crippen LogP contribution in [0, 0.1) is 0 Å². The van der Waals surface area contributed by atoms with E-state index in [0.29, 0.717) is 16.9 Å². The van der Waals surface area contributed by atoms with Crippen molar-refractivity contribution in [2.24, 2.45) is 0 Å². The third kappa shape index (κ3) is 7.05. The summed E-state index contributed by atoms with van der Waals surface area (Å²) in [7, 11) is 1.56. The van der Waals surface area contributed by atoms with Crippen molar-refractivity contribution in [3.05, 3.63) is 59.4 Å². The minimum Gasteiger partial charge on any atom is -0.496 e. The number of halogens is 3. The van der Waals surface area contributed by atoms with Gasteiger partial charge in [0, 0.05) is 31.0 Å². The van der Waals surface area contributed by atoms with Gasteiger partial charge in [-0.3, -0.25) is 9.78 Å². The zero-order valence-electron chi connectivity index (χ0n) is 16.3. The second-order valence-corrected chi connectivity index (χ2v) is 6.66. The topological polar surface area (TPSA) is 62.7 Å². The van der Waals surface area contributed by atoms with Gasteiger partial charge in [0.2, 0.25) is 5.91 Å². The number of methoxy groups -OCH3 is 1. The van der Waals surface area contributed by atoms with E-state index in [2.05, 4.69) is 4.98 Å². The van der Waals surface area contributed by atoms with Crippen LogP contribution in [0.5, 0.6) is 5.75 Å². The number of aliphatic hydroxyl groups is 1. The molecule has 1 aromatic heterocycles. The molecule has 8 heteroatoms. The summed E-state index contributed by atoms with van der Waals surface area (Å²) in [5, 5.41) is 8.73. The van der Waals surface area contributed by atoms with Gasteiger partial charge in [-0.25, -0.2) is 0 Å². The fraction of sp³-hybridized carbons (Fsp3) is 0.429. The molecule has 5 nitrogen and oxygen atoms in total. The summed E-state index contributed by atoms with van der Waals surface area (Å²) < 4.78 is 42.1. The number of rotatable bonds is 4. The predicted molar refractivity (Wildman–Crippen MR) is 102 cm³/mol. The number of aliphatic hydroxyl groups excluding tert-OH is 1. The first-order valence-electron chi connectivity index (χ1n) is 9.36. The molecular weight excluding hydrogens is 385 g/mol. The number of alkyl halides is 3. The maximum Gasteiger partial charge on any atom is 0.416 e. The van der Waals surface area contributed by atoms with Gasteiger partial charge in [0.1, 0.15) is 5.75 Å². The highest BCUT2D eigenvalue weighted by Gasteiger charge is 2.30. The lowest BCUT2D eigenvalue weighted by atomic mass is 10.1. The number of carbonyl (C=O) groups excluding carboxylic acids is 1. The van der Waals surface area contributed by atoms with Crippen molar-refractivity contribution >= 4 is 5.91 Å². The van der Waals surface area contributed by atoms with Crippen molar-refractivity contribution < 1.29 is 27.8 Å². The molecule has 1 aliphatic rings. The molecule has 2 aromatic rings. The molecule has 29 heavy (non-hydrogen) atoms. The minimum absolute atomic E-state index is 0.000501. The summed E-state index contributed by atoms with van der Waals surface area (Å²) in [5.74, 6) is 0.678. The lowest BCUT2D eigenvalue weighted by molar-refractivity contribution is -0.137.